The molecule has 0 radical (unpaired) electrons. The van der Waals surface area contributed by atoms with Crippen LogP contribution in [-0.4, -0.2) is 31.1 Å². The maximum absolute atomic E-state index is 12.6. The van der Waals surface area contributed by atoms with Gasteiger partial charge >= 0.3 is 6.03 Å². The minimum atomic E-state index is -0.0654. The van der Waals surface area contributed by atoms with Crippen molar-refractivity contribution in [2.24, 2.45) is 0 Å². The van der Waals surface area contributed by atoms with E-state index in [4.69, 9.17) is 27.9 Å². The zero-order valence-electron chi connectivity index (χ0n) is 15.8. The van der Waals surface area contributed by atoms with Crippen LogP contribution in [0.25, 0.3) is 0 Å². The molecule has 0 aliphatic carbocycles. The lowest BCUT2D eigenvalue weighted by Gasteiger charge is -2.24. The Morgan fingerprint density at radius 3 is 2.52 bits per heavy atom. The fourth-order valence-electron chi connectivity index (χ4n) is 2.67. The molecule has 0 saturated carbocycles. The number of carbonyl (C=O) groups excluding carboxylic acids is 1. The predicted molar refractivity (Wildman–Crippen MR) is 112 cm³/mol. The topological polar surface area (TPSA) is 41.6 Å². The third-order valence-corrected chi connectivity index (χ3v) is 4.88. The van der Waals surface area contributed by atoms with Crippen molar-refractivity contribution in [2.45, 2.75) is 32.7 Å². The molecule has 0 saturated heterocycles. The summed E-state index contributed by atoms with van der Waals surface area (Å²) >= 11 is 12.2. The van der Waals surface area contributed by atoms with E-state index in [-0.39, 0.29) is 6.03 Å². The molecule has 0 aliphatic rings. The normalized spacial score (nSPS) is 10.5. The number of nitrogens with one attached hydrogen (secondary N) is 1. The lowest BCUT2D eigenvalue weighted by molar-refractivity contribution is 0.195. The molecule has 27 heavy (non-hydrogen) atoms. The second-order valence-corrected chi connectivity index (χ2v) is 7.18. The van der Waals surface area contributed by atoms with Crippen LogP contribution in [0.3, 0.4) is 0 Å². The van der Waals surface area contributed by atoms with Gasteiger partial charge in [0, 0.05) is 29.7 Å². The van der Waals surface area contributed by atoms with Crippen LogP contribution in [0.5, 0.6) is 5.75 Å². The van der Waals surface area contributed by atoms with Gasteiger partial charge in [-0.3, -0.25) is 0 Å². The average molecular weight is 409 g/mol. The summed E-state index contributed by atoms with van der Waals surface area (Å²) in [6.07, 6.45) is 2.66. The third kappa shape index (κ3) is 6.96. The molecule has 2 amide bonds. The highest BCUT2D eigenvalue weighted by molar-refractivity contribution is 6.35. The summed E-state index contributed by atoms with van der Waals surface area (Å²) in [5.41, 5.74) is 2.02. The van der Waals surface area contributed by atoms with Crippen LogP contribution in [0, 0.1) is 0 Å². The molecule has 2 rings (SSSR count). The Morgan fingerprint density at radius 1 is 1.15 bits per heavy atom. The van der Waals surface area contributed by atoms with E-state index in [9.17, 15) is 4.79 Å². The average Bonchev–Trinajstić information content (AvgIpc) is 2.67. The zero-order valence-corrected chi connectivity index (χ0v) is 17.3. The number of carbonyl (C=O) groups is 1. The van der Waals surface area contributed by atoms with Crippen LogP contribution >= 0.6 is 23.2 Å². The molecule has 0 aromatic heterocycles. The zero-order chi connectivity index (χ0) is 19.6. The van der Waals surface area contributed by atoms with Crippen LogP contribution in [-0.2, 0) is 13.0 Å². The van der Waals surface area contributed by atoms with Gasteiger partial charge in [-0.25, -0.2) is 4.79 Å². The summed E-state index contributed by atoms with van der Waals surface area (Å²) < 4.78 is 5.20. The highest BCUT2D eigenvalue weighted by Gasteiger charge is 2.14. The van der Waals surface area contributed by atoms with Crippen molar-refractivity contribution in [2.75, 3.05) is 20.2 Å². The summed E-state index contributed by atoms with van der Waals surface area (Å²) in [6, 6.07) is 13.1. The maximum Gasteiger partial charge on any atom is 0.317 e. The molecule has 0 unspecified atom stereocenters. The SMILES string of the molecule is CCCCNC(=O)N(CCc1ccc(Cl)cc1Cl)Cc1ccc(OC)cc1. The number of halogens is 2. The van der Waals surface area contributed by atoms with Gasteiger partial charge in [-0.15, -0.1) is 0 Å². The molecule has 0 atom stereocenters. The van der Waals surface area contributed by atoms with Crippen LogP contribution < -0.4 is 10.1 Å². The molecule has 0 aliphatic heterocycles. The molecule has 0 spiro atoms. The molecular weight excluding hydrogens is 383 g/mol. The number of hydrogen-bond donors (Lipinski definition) is 1. The summed E-state index contributed by atoms with van der Waals surface area (Å²) in [6.45, 7) is 3.86. The highest BCUT2D eigenvalue weighted by atomic mass is 35.5. The van der Waals surface area contributed by atoms with Crippen molar-refractivity contribution in [1.82, 2.24) is 10.2 Å². The Labute approximate surface area is 171 Å². The van der Waals surface area contributed by atoms with Crippen LogP contribution in [0.4, 0.5) is 4.79 Å². The number of methoxy groups -OCH3 is 1. The lowest BCUT2D eigenvalue weighted by atomic mass is 10.1. The van der Waals surface area contributed by atoms with E-state index in [2.05, 4.69) is 12.2 Å². The second-order valence-electron chi connectivity index (χ2n) is 6.34. The minimum Gasteiger partial charge on any atom is -0.497 e. The number of urea groups is 1. The van der Waals surface area contributed by atoms with Crippen molar-refractivity contribution in [3.63, 3.8) is 0 Å². The van der Waals surface area contributed by atoms with E-state index in [0.717, 1.165) is 29.7 Å². The number of unbranched alkanes of at least 4 members (excludes halogenated alkanes) is 1. The molecule has 146 valence electrons. The minimum absolute atomic E-state index is 0.0654. The van der Waals surface area contributed by atoms with E-state index in [1.54, 1.807) is 13.2 Å². The standard InChI is InChI=1S/C21H26Cl2N2O2/c1-3-4-12-24-21(26)25(15-16-5-9-19(27-2)10-6-16)13-11-17-7-8-18(22)14-20(17)23/h5-10,14H,3-4,11-13,15H2,1-2H3,(H,24,26). The summed E-state index contributed by atoms with van der Waals surface area (Å²) in [5.74, 6) is 0.797. The molecule has 2 aromatic carbocycles. The maximum atomic E-state index is 12.6. The van der Waals surface area contributed by atoms with Crippen molar-refractivity contribution in [3.8, 4) is 5.75 Å². The largest absolute Gasteiger partial charge is 0.497 e. The Morgan fingerprint density at radius 2 is 1.89 bits per heavy atom. The first-order chi connectivity index (χ1) is 13.0. The monoisotopic (exact) mass is 408 g/mol. The molecule has 4 nitrogen and oxygen atoms in total. The van der Waals surface area contributed by atoms with Crippen LogP contribution in [0.2, 0.25) is 10.0 Å². The highest BCUT2D eigenvalue weighted by Crippen LogP contribution is 2.22. The first kappa shape index (κ1) is 21.4. The molecule has 0 bridgehead atoms. The van der Waals surface area contributed by atoms with E-state index < -0.39 is 0 Å². The van der Waals surface area contributed by atoms with Gasteiger partial charge in [-0.2, -0.15) is 0 Å². The molecule has 0 heterocycles. The molecule has 0 fully saturated rings. The van der Waals surface area contributed by atoms with E-state index >= 15 is 0 Å². The van der Waals surface area contributed by atoms with Crippen molar-refractivity contribution < 1.29 is 9.53 Å². The number of hydrogen-bond acceptors (Lipinski definition) is 2. The Hall–Kier alpha value is -1.91. The first-order valence-electron chi connectivity index (χ1n) is 9.13. The van der Waals surface area contributed by atoms with E-state index in [1.165, 1.54) is 0 Å². The van der Waals surface area contributed by atoms with Gasteiger partial charge in [-0.05, 0) is 48.2 Å². The van der Waals surface area contributed by atoms with E-state index in [1.807, 2.05) is 41.3 Å². The Balaban J connectivity index is 2.06. The number of amides is 2. The smallest absolute Gasteiger partial charge is 0.317 e. The quantitative estimate of drug-likeness (QED) is 0.551. The molecule has 6 heteroatoms. The van der Waals surface area contributed by atoms with Gasteiger partial charge in [0.2, 0.25) is 0 Å². The van der Waals surface area contributed by atoms with Crippen molar-refractivity contribution in [1.29, 1.82) is 0 Å². The van der Waals surface area contributed by atoms with Crippen LogP contribution in [0.15, 0.2) is 42.5 Å². The van der Waals surface area contributed by atoms with Gasteiger partial charge in [0.05, 0.1) is 7.11 Å². The second kappa shape index (κ2) is 11.1. The van der Waals surface area contributed by atoms with Gasteiger partial charge in [0.15, 0.2) is 0 Å². The van der Waals surface area contributed by atoms with E-state index in [0.29, 0.717) is 36.1 Å². The summed E-state index contributed by atoms with van der Waals surface area (Å²) in [4.78, 5) is 14.4. The Kier molecular flexibility index (Phi) is 8.76. The Bertz CT molecular complexity index is 735. The number of rotatable bonds is 9. The summed E-state index contributed by atoms with van der Waals surface area (Å²) in [5, 5.41) is 4.23. The molecular formula is C21H26Cl2N2O2. The fourth-order valence-corrected chi connectivity index (χ4v) is 3.17. The number of nitrogens with zero attached hydrogens (tertiary/aromatic N) is 1. The predicted octanol–water partition coefficient (Wildman–Crippen LogP) is 5.56. The molecule has 1 N–H and O–H groups in total. The van der Waals surface area contributed by atoms with Gasteiger partial charge in [0.1, 0.15) is 5.75 Å². The van der Waals surface area contributed by atoms with Gasteiger partial charge in [-0.1, -0.05) is 54.7 Å². The van der Waals surface area contributed by atoms with Gasteiger partial charge < -0.3 is 15.0 Å². The lowest BCUT2D eigenvalue weighted by Crippen LogP contribution is -2.41. The first-order valence-corrected chi connectivity index (χ1v) is 9.88. The number of ether oxygens (including phenoxy) is 1. The fraction of sp³-hybridized carbons (Fsp3) is 0.381. The van der Waals surface area contributed by atoms with Crippen molar-refractivity contribution >= 4 is 29.2 Å². The van der Waals surface area contributed by atoms with Crippen molar-refractivity contribution in [3.05, 3.63) is 63.6 Å². The van der Waals surface area contributed by atoms with Crippen LogP contribution in [0.1, 0.15) is 30.9 Å². The van der Waals surface area contributed by atoms with Gasteiger partial charge in [0.25, 0.3) is 0 Å². The molecule has 2 aromatic rings. The summed E-state index contributed by atoms with van der Waals surface area (Å²) in [7, 11) is 1.64. The number of benzene rings is 2. The third-order valence-electron chi connectivity index (χ3n) is 4.29.